The number of ether oxygens (including phenoxy) is 4. The van der Waals surface area contributed by atoms with Gasteiger partial charge >= 0.3 is 12.1 Å². The molecule has 1 N–H and O–H groups in total. The van der Waals surface area contributed by atoms with Gasteiger partial charge in [0.05, 0.1) is 19.3 Å². The maximum absolute atomic E-state index is 12.1. The van der Waals surface area contributed by atoms with Crippen LogP contribution in [0.2, 0.25) is 0 Å². The van der Waals surface area contributed by atoms with Gasteiger partial charge in [-0.2, -0.15) is 0 Å². The summed E-state index contributed by atoms with van der Waals surface area (Å²) >= 11 is 0. The number of alkyl carbamates (subject to hydrolysis) is 1. The van der Waals surface area contributed by atoms with E-state index in [0.717, 1.165) is 18.4 Å². The zero-order valence-electron chi connectivity index (χ0n) is 19.9. The highest BCUT2D eigenvalue weighted by atomic mass is 16.6. The van der Waals surface area contributed by atoms with Gasteiger partial charge in [0.15, 0.2) is 0 Å². The number of carbonyl (C=O) groups excluding carboxylic acids is 2. The Morgan fingerprint density at radius 3 is 2.16 bits per heavy atom. The van der Waals surface area contributed by atoms with Crippen LogP contribution < -0.4 is 5.32 Å². The summed E-state index contributed by atoms with van der Waals surface area (Å²) in [6.45, 7) is 12.1. The number of amides is 1. The summed E-state index contributed by atoms with van der Waals surface area (Å²) in [5.41, 5.74) is -0.00597. The molecule has 1 aromatic rings. The van der Waals surface area contributed by atoms with Gasteiger partial charge < -0.3 is 24.3 Å². The van der Waals surface area contributed by atoms with E-state index in [4.69, 9.17) is 18.9 Å². The fourth-order valence-electron chi connectivity index (χ4n) is 2.69. The average molecular weight is 438 g/mol. The smallest absolute Gasteiger partial charge is 0.407 e. The molecule has 7 nitrogen and oxygen atoms in total. The van der Waals surface area contributed by atoms with Gasteiger partial charge in [0, 0.05) is 6.61 Å². The standard InChI is InChI=1S/C24H39NO6/c1-23(2,3)30-21(26)18-29-17-20(25-22(27)31-24(4,5)6)14-10-11-15-28-16-19-12-8-7-9-13-19/h7-9,12-13,20H,10-11,14-18H2,1-6H3,(H,25,27). The van der Waals surface area contributed by atoms with Crippen LogP contribution in [0, 0.1) is 0 Å². The molecule has 1 rings (SSSR count). The molecule has 0 radical (unpaired) electrons. The van der Waals surface area contributed by atoms with Crippen molar-refractivity contribution in [1.82, 2.24) is 5.32 Å². The normalized spacial score (nSPS) is 12.8. The zero-order valence-corrected chi connectivity index (χ0v) is 19.9. The molecule has 176 valence electrons. The Morgan fingerprint density at radius 1 is 0.903 bits per heavy atom. The van der Waals surface area contributed by atoms with E-state index in [1.54, 1.807) is 20.8 Å². The topological polar surface area (TPSA) is 83.1 Å². The number of unbranched alkanes of at least 4 members (excludes halogenated alkanes) is 1. The van der Waals surface area contributed by atoms with Crippen LogP contribution in [0.15, 0.2) is 30.3 Å². The lowest BCUT2D eigenvalue weighted by molar-refractivity contribution is -0.160. The van der Waals surface area contributed by atoms with E-state index in [9.17, 15) is 9.59 Å². The Balaban J connectivity index is 2.38. The Labute approximate surface area is 186 Å². The lowest BCUT2D eigenvalue weighted by atomic mass is 10.1. The largest absolute Gasteiger partial charge is 0.458 e. The lowest BCUT2D eigenvalue weighted by Crippen LogP contribution is -2.42. The number of esters is 1. The van der Waals surface area contributed by atoms with Crippen LogP contribution in [-0.4, -0.2) is 49.1 Å². The van der Waals surface area contributed by atoms with Crippen molar-refractivity contribution in [3.8, 4) is 0 Å². The van der Waals surface area contributed by atoms with Gasteiger partial charge in [0.1, 0.15) is 17.8 Å². The van der Waals surface area contributed by atoms with Crippen molar-refractivity contribution in [2.45, 2.75) is 84.7 Å². The van der Waals surface area contributed by atoms with E-state index in [1.165, 1.54) is 0 Å². The highest BCUT2D eigenvalue weighted by Gasteiger charge is 2.21. The Kier molecular flexibility index (Phi) is 11.6. The molecule has 0 spiro atoms. The fraction of sp³-hybridized carbons (Fsp3) is 0.667. The van der Waals surface area contributed by atoms with Gasteiger partial charge in [-0.05, 0) is 66.4 Å². The second-order valence-corrected chi connectivity index (χ2v) is 9.48. The molecule has 0 aliphatic carbocycles. The number of hydrogen-bond acceptors (Lipinski definition) is 6. The van der Waals surface area contributed by atoms with Crippen LogP contribution in [-0.2, 0) is 30.3 Å². The van der Waals surface area contributed by atoms with E-state index in [2.05, 4.69) is 5.32 Å². The molecule has 7 heteroatoms. The second-order valence-electron chi connectivity index (χ2n) is 9.48. The molecule has 1 atom stereocenters. The summed E-state index contributed by atoms with van der Waals surface area (Å²) in [6, 6.07) is 9.75. The van der Waals surface area contributed by atoms with Crippen LogP contribution in [0.25, 0.3) is 0 Å². The Bertz CT molecular complexity index is 648. The van der Waals surface area contributed by atoms with Crippen molar-refractivity contribution in [3.63, 3.8) is 0 Å². The van der Waals surface area contributed by atoms with E-state index in [1.807, 2.05) is 51.1 Å². The maximum atomic E-state index is 12.1. The number of nitrogens with one attached hydrogen (secondary N) is 1. The number of carbonyl (C=O) groups is 2. The molecule has 0 bridgehead atoms. The molecule has 0 heterocycles. The van der Waals surface area contributed by atoms with Crippen molar-refractivity contribution in [2.75, 3.05) is 19.8 Å². The second kappa shape index (κ2) is 13.3. The third-order valence-corrected chi connectivity index (χ3v) is 3.88. The molecular formula is C24H39NO6. The summed E-state index contributed by atoms with van der Waals surface area (Å²) in [4.78, 5) is 24.0. The maximum Gasteiger partial charge on any atom is 0.407 e. The molecule has 0 fully saturated rings. The molecule has 1 unspecified atom stereocenters. The van der Waals surface area contributed by atoms with Crippen molar-refractivity contribution >= 4 is 12.1 Å². The van der Waals surface area contributed by atoms with Crippen molar-refractivity contribution in [3.05, 3.63) is 35.9 Å². The van der Waals surface area contributed by atoms with Crippen molar-refractivity contribution in [2.24, 2.45) is 0 Å². The van der Waals surface area contributed by atoms with E-state index in [0.29, 0.717) is 19.6 Å². The first-order chi connectivity index (χ1) is 14.4. The van der Waals surface area contributed by atoms with Crippen LogP contribution in [0.1, 0.15) is 66.4 Å². The number of hydrogen-bond donors (Lipinski definition) is 1. The molecule has 31 heavy (non-hydrogen) atoms. The summed E-state index contributed by atoms with van der Waals surface area (Å²) in [5.74, 6) is -0.433. The highest BCUT2D eigenvalue weighted by Crippen LogP contribution is 2.10. The molecule has 0 aliphatic heterocycles. The average Bonchev–Trinajstić information content (AvgIpc) is 2.62. The van der Waals surface area contributed by atoms with Crippen LogP contribution >= 0.6 is 0 Å². The molecule has 1 amide bonds. The first kappa shape index (κ1) is 26.9. The third-order valence-electron chi connectivity index (χ3n) is 3.88. The molecular weight excluding hydrogens is 398 g/mol. The van der Waals surface area contributed by atoms with Gasteiger partial charge in [-0.25, -0.2) is 9.59 Å². The van der Waals surface area contributed by atoms with Gasteiger partial charge in [-0.1, -0.05) is 30.3 Å². The molecule has 0 aliphatic rings. The van der Waals surface area contributed by atoms with E-state index < -0.39 is 23.3 Å². The Hall–Kier alpha value is -2.12. The van der Waals surface area contributed by atoms with Crippen LogP contribution in [0.3, 0.4) is 0 Å². The zero-order chi connectivity index (χ0) is 23.3. The summed E-state index contributed by atoms with van der Waals surface area (Å²) in [5, 5.41) is 2.83. The molecule has 0 saturated carbocycles. The van der Waals surface area contributed by atoms with Gasteiger partial charge in [0.2, 0.25) is 0 Å². The first-order valence-electron chi connectivity index (χ1n) is 10.9. The monoisotopic (exact) mass is 437 g/mol. The van der Waals surface area contributed by atoms with Crippen molar-refractivity contribution in [1.29, 1.82) is 0 Å². The third kappa shape index (κ3) is 15.3. The summed E-state index contributed by atoms with van der Waals surface area (Å²) < 4.78 is 21.8. The minimum absolute atomic E-state index is 0.163. The first-order valence-corrected chi connectivity index (χ1v) is 10.9. The van der Waals surface area contributed by atoms with Crippen LogP contribution in [0.4, 0.5) is 4.79 Å². The van der Waals surface area contributed by atoms with E-state index in [-0.39, 0.29) is 19.3 Å². The fourth-order valence-corrected chi connectivity index (χ4v) is 2.69. The number of rotatable bonds is 12. The van der Waals surface area contributed by atoms with Crippen LogP contribution in [0.5, 0.6) is 0 Å². The molecule has 0 aromatic heterocycles. The highest BCUT2D eigenvalue weighted by molar-refractivity contribution is 5.71. The van der Waals surface area contributed by atoms with E-state index >= 15 is 0 Å². The quantitative estimate of drug-likeness (QED) is 0.379. The predicted molar refractivity (Wildman–Crippen MR) is 120 cm³/mol. The minimum atomic E-state index is -0.586. The SMILES string of the molecule is CC(C)(C)OC(=O)COCC(CCCCOCc1ccccc1)NC(=O)OC(C)(C)C. The number of benzene rings is 1. The van der Waals surface area contributed by atoms with Gasteiger partial charge in [-0.3, -0.25) is 0 Å². The van der Waals surface area contributed by atoms with Gasteiger partial charge in [0.25, 0.3) is 0 Å². The molecule has 0 saturated heterocycles. The lowest BCUT2D eigenvalue weighted by Gasteiger charge is -2.24. The Morgan fingerprint density at radius 2 is 1.55 bits per heavy atom. The summed E-state index contributed by atoms with van der Waals surface area (Å²) in [7, 11) is 0. The van der Waals surface area contributed by atoms with Gasteiger partial charge in [-0.15, -0.1) is 0 Å². The summed E-state index contributed by atoms with van der Waals surface area (Å²) in [6.07, 6.45) is 1.87. The predicted octanol–water partition coefficient (Wildman–Crippen LogP) is 4.63. The minimum Gasteiger partial charge on any atom is -0.458 e. The molecule has 1 aromatic carbocycles. The van der Waals surface area contributed by atoms with Crippen molar-refractivity contribution < 1.29 is 28.5 Å².